The molecule has 124 valence electrons. The number of primary sulfonamides is 1. The Balaban J connectivity index is 2.45. The predicted molar refractivity (Wildman–Crippen MR) is 85.6 cm³/mol. The fourth-order valence-corrected chi connectivity index (χ4v) is 3.38. The Morgan fingerprint density at radius 3 is 2.30 bits per heavy atom. The molecule has 1 aliphatic heterocycles. The Kier molecular flexibility index (Phi) is 4.33. The lowest BCUT2D eigenvalue weighted by Crippen LogP contribution is -2.61. The number of amides is 2. The summed E-state index contributed by atoms with van der Waals surface area (Å²) in [6, 6.07) is 0.665. The van der Waals surface area contributed by atoms with E-state index in [4.69, 9.17) is 5.14 Å². The topological polar surface area (TPSA) is 127 Å². The van der Waals surface area contributed by atoms with Crippen LogP contribution < -0.4 is 10.5 Å². The Bertz CT molecular complexity index is 795. The quantitative estimate of drug-likeness (QED) is 0.776. The molecule has 1 aromatic heterocycles. The highest BCUT2D eigenvalue weighted by Crippen LogP contribution is 2.25. The minimum atomic E-state index is -4.15. The zero-order valence-electron chi connectivity index (χ0n) is 13.3. The molecular weight excluding hydrogens is 320 g/mol. The summed E-state index contributed by atoms with van der Waals surface area (Å²) in [4.78, 5) is 24.8. The molecular formula is C13H19N6O3S+. The van der Waals surface area contributed by atoms with E-state index < -0.39 is 31.7 Å². The lowest BCUT2D eigenvalue weighted by molar-refractivity contribution is -0.718. The van der Waals surface area contributed by atoms with Crippen molar-refractivity contribution in [2.45, 2.75) is 33.7 Å². The van der Waals surface area contributed by atoms with Gasteiger partial charge in [-0.05, 0) is 33.8 Å². The average molecular weight is 339 g/mol. The van der Waals surface area contributed by atoms with Crippen molar-refractivity contribution in [1.82, 2.24) is 9.97 Å². The minimum Gasteiger partial charge on any atom is -0.242 e. The van der Waals surface area contributed by atoms with Crippen LogP contribution in [0.5, 0.6) is 0 Å². The van der Waals surface area contributed by atoms with Gasteiger partial charge in [0.05, 0.1) is 6.20 Å². The summed E-state index contributed by atoms with van der Waals surface area (Å²) in [5, 5.41) is 7.32. The van der Waals surface area contributed by atoms with Gasteiger partial charge in [-0.25, -0.2) is 25.2 Å². The maximum Gasteiger partial charge on any atom is 0.435 e. The van der Waals surface area contributed by atoms with Crippen LogP contribution in [0.15, 0.2) is 23.5 Å². The Morgan fingerprint density at radius 1 is 1.26 bits per heavy atom. The van der Waals surface area contributed by atoms with Crippen LogP contribution in [0.4, 0.5) is 10.7 Å². The largest absolute Gasteiger partial charge is 0.435 e. The van der Waals surface area contributed by atoms with Crippen LogP contribution in [0.3, 0.4) is 0 Å². The molecule has 0 saturated carbocycles. The van der Waals surface area contributed by atoms with Crippen molar-refractivity contribution in [1.29, 1.82) is 0 Å². The second-order valence-corrected chi connectivity index (χ2v) is 6.99. The maximum atomic E-state index is 12.8. The fraction of sp³-hybridized carbons (Fsp3) is 0.385. The van der Waals surface area contributed by atoms with Crippen molar-refractivity contribution >= 4 is 27.2 Å². The molecule has 0 spiro atoms. The monoisotopic (exact) mass is 339 g/mol. The second kappa shape index (κ2) is 5.80. The van der Waals surface area contributed by atoms with Crippen LogP contribution in [0.25, 0.3) is 0 Å². The van der Waals surface area contributed by atoms with Crippen LogP contribution in [-0.4, -0.2) is 40.1 Å². The molecule has 0 bridgehead atoms. The number of anilines is 1. The number of carbonyl (C=O) groups is 1. The van der Waals surface area contributed by atoms with Gasteiger partial charge >= 0.3 is 21.2 Å². The molecule has 2 rings (SSSR count). The number of aromatic nitrogens is 2. The number of nitrogens with two attached hydrogens (primary N) is 1. The first kappa shape index (κ1) is 17.2. The first-order valence-electron chi connectivity index (χ1n) is 6.88. The van der Waals surface area contributed by atoms with Gasteiger partial charge in [-0.15, -0.1) is 0 Å². The lowest BCUT2D eigenvalue weighted by atomic mass is 10.3. The van der Waals surface area contributed by atoms with E-state index in [0.717, 1.165) is 0 Å². The number of quaternary nitrogens is 1. The fourth-order valence-electron chi connectivity index (χ4n) is 2.40. The number of nitrogens with one attached hydrogen (secondary N) is 1. The van der Waals surface area contributed by atoms with E-state index in [1.807, 2.05) is 0 Å². The number of amidine groups is 1. The lowest BCUT2D eigenvalue weighted by Gasteiger charge is -2.31. The molecule has 0 radical (unpaired) electrons. The Labute approximate surface area is 134 Å². The summed E-state index contributed by atoms with van der Waals surface area (Å²) in [5.41, 5.74) is 1.36. The first-order valence-corrected chi connectivity index (χ1v) is 8.43. The molecule has 0 aromatic carbocycles. The summed E-state index contributed by atoms with van der Waals surface area (Å²) in [5.74, 6) is 0.0970. The number of carbonyl (C=O) groups excluding carboxylic acids is 1. The molecule has 1 aliphatic rings. The number of hydrogen-bond donors (Lipinski definition) is 2. The van der Waals surface area contributed by atoms with Gasteiger partial charge < -0.3 is 0 Å². The molecule has 2 amide bonds. The number of rotatable bonds is 2. The molecule has 0 fully saturated rings. The van der Waals surface area contributed by atoms with Crippen molar-refractivity contribution in [3.8, 4) is 0 Å². The summed E-state index contributed by atoms with van der Waals surface area (Å²) in [6.45, 7) is 6.92. The third-order valence-electron chi connectivity index (χ3n) is 3.41. The summed E-state index contributed by atoms with van der Waals surface area (Å²) < 4.78 is 22.9. The van der Waals surface area contributed by atoms with E-state index >= 15 is 0 Å². The third-order valence-corrected chi connectivity index (χ3v) is 4.33. The zero-order valence-corrected chi connectivity index (χ0v) is 14.1. The van der Waals surface area contributed by atoms with Crippen molar-refractivity contribution in [2.75, 3.05) is 5.32 Å². The molecule has 9 nitrogen and oxygen atoms in total. The van der Waals surface area contributed by atoms with E-state index in [1.165, 1.54) is 12.4 Å². The van der Waals surface area contributed by atoms with Gasteiger partial charge in [0.1, 0.15) is 12.2 Å². The van der Waals surface area contributed by atoms with Crippen molar-refractivity contribution in [3.63, 3.8) is 0 Å². The highest BCUT2D eigenvalue weighted by Gasteiger charge is 2.52. The standard InChI is InChI=1S/C13H18N6O3S/c1-8(2)19(6-5-15-13(19)23(14,21)22)12(20)18-11-16-9(3)7-10(4)17-11/h5-8H,1-4H3,(H2-,14,16,17,18,20,21,22)/p+1. The third kappa shape index (κ3) is 3.14. The van der Waals surface area contributed by atoms with Crippen molar-refractivity contribution < 1.29 is 17.7 Å². The predicted octanol–water partition coefficient (Wildman–Crippen LogP) is 0.980. The van der Waals surface area contributed by atoms with E-state index in [-0.39, 0.29) is 5.95 Å². The molecule has 1 unspecified atom stereocenters. The molecule has 1 atom stereocenters. The van der Waals surface area contributed by atoms with Gasteiger partial charge in [0, 0.05) is 11.4 Å². The van der Waals surface area contributed by atoms with E-state index in [2.05, 4.69) is 20.3 Å². The van der Waals surface area contributed by atoms with Gasteiger partial charge in [-0.3, -0.25) is 0 Å². The second-order valence-electron chi connectivity index (χ2n) is 5.53. The number of aryl methyl sites for hydroxylation is 2. The molecule has 0 aliphatic carbocycles. The molecule has 10 heteroatoms. The molecule has 1 aromatic rings. The van der Waals surface area contributed by atoms with Crippen LogP contribution in [0.1, 0.15) is 25.2 Å². The normalized spacial score (nSPS) is 20.7. The minimum absolute atomic E-state index is 0.0970. The molecule has 23 heavy (non-hydrogen) atoms. The molecule has 2 heterocycles. The molecule has 0 saturated heterocycles. The van der Waals surface area contributed by atoms with Crippen LogP contribution >= 0.6 is 0 Å². The van der Waals surface area contributed by atoms with Gasteiger partial charge in [0.25, 0.3) is 0 Å². The van der Waals surface area contributed by atoms with E-state index in [0.29, 0.717) is 11.4 Å². The van der Waals surface area contributed by atoms with Gasteiger partial charge in [0.2, 0.25) is 5.95 Å². The smallest absolute Gasteiger partial charge is 0.242 e. The number of sulfonamides is 1. The highest BCUT2D eigenvalue weighted by atomic mass is 32.2. The van der Waals surface area contributed by atoms with E-state index in [9.17, 15) is 13.2 Å². The number of hydrogen-bond acceptors (Lipinski definition) is 6. The molecule has 3 N–H and O–H groups in total. The number of nitrogens with zero attached hydrogens (tertiary/aromatic N) is 4. The zero-order chi connectivity index (χ0) is 17.4. The SMILES string of the molecule is Cc1cc(C)nc(NC(=O)[N+]2(C(C)C)C=CN=C2S(N)(=O)=O)n1. The Morgan fingerprint density at radius 2 is 1.83 bits per heavy atom. The van der Waals surface area contributed by atoms with Crippen molar-refractivity contribution in [3.05, 3.63) is 29.9 Å². The summed E-state index contributed by atoms with van der Waals surface area (Å²) in [6.07, 6.45) is 2.63. The number of urea groups is 1. The van der Waals surface area contributed by atoms with E-state index in [1.54, 1.807) is 33.8 Å². The van der Waals surface area contributed by atoms with Crippen molar-refractivity contribution in [2.24, 2.45) is 10.1 Å². The van der Waals surface area contributed by atoms with Gasteiger partial charge in [0.15, 0.2) is 0 Å². The summed E-state index contributed by atoms with van der Waals surface area (Å²) >= 11 is 0. The average Bonchev–Trinajstić information content (AvgIpc) is 2.82. The van der Waals surface area contributed by atoms with Crippen LogP contribution in [0.2, 0.25) is 0 Å². The summed E-state index contributed by atoms with van der Waals surface area (Å²) in [7, 11) is -4.15. The highest BCUT2D eigenvalue weighted by molar-refractivity contribution is 8.04. The van der Waals surface area contributed by atoms with Gasteiger partial charge in [-0.2, -0.15) is 17.9 Å². The Hall–Kier alpha value is -2.17. The number of aliphatic imine (C=N–C) groups is 1. The van der Waals surface area contributed by atoms with Gasteiger partial charge in [-0.1, -0.05) is 0 Å². The van der Waals surface area contributed by atoms with Crippen LogP contribution in [0, 0.1) is 13.8 Å². The maximum absolute atomic E-state index is 12.8. The van der Waals surface area contributed by atoms with Crippen LogP contribution in [-0.2, 0) is 10.0 Å². The first-order chi connectivity index (χ1) is 10.6.